The summed E-state index contributed by atoms with van der Waals surface area (Å²) in [6, 6.07) is 1.58. The van der Waals surface area contributed by atoms with E-state index in [-0.39, 0.29) is 23.8 Å². The minimum absolute atomic E-state index is 0.0437. The molecule has 1 amide bonds. The summed E-state index contributed by atoms with van der Waals surface area (Å²) in [5.74, 6) is 0.157. The van der Waals surface area contributed by atoms with Crippen LogP contribution in [0.1, 0.15) is 12.0 Å². The van der Waals surface area contributed by atoms with E-state index >= 15 is 0 Å². The molecule has 0 aliphatic rings. The van der Waals surface area contributed by atoms with Crippen LogP contribution in [0, 0.1) is 17.0 Å². The van der Waals surface area contributed by atoms with Crippen LogP contribution in [0.3, 0.4) is 0 Å². The molecule has 0 atom stereocenters. The minimum Gasteiger partial charge on any atom is -0.364 e. The second kappa shape index (κ2) is 5.95. The first kappa shape index (κ1) is 13.9. The highest BCUT2D eigenvalue weighted by Gasteiger charge is 2.18. The molecule has 0 saturated heterocycles. The number of rotatable bonds is 5. The first-order chi connectivity index (χ1) is 8.43. The molecule has 0 spiro atoms. The van der Waals surface area contributed by atoms with Crippen LogP contribution in [0.15, 0.2) is 12.3 Å². The van der Waals surface area contributed by atoms with Crippen LogP contribution in [0.2, 0.25) is 0 Å². The van der Waals surface area contributed by atoms with Crippen molar-refractivity contribution in [3.05, 3.63) is 27.9 Å². The van der Waals surface area contributed by atoms with Gasteiger partial charge in [0, 0.05) is 38.8 Å². The van der Waals surface area contributed by atoms with Crippen LogP contribution >= 0.6 is 0 Å². The molecule has 0 fully saturated rings. The molecule has 98 valence electrons. The van der Waals surface area contributed by atoms with Crippen molar-refractivity contribution in [3.63, 3.8) is 0 Å². The van der Waals surface area contributed by atoms with Crippen LogP contribution in [0.25, 0.3) is 0 Å². The molecule has 0 aromatic carbocycles. The standard InChI is InChI=1S/C11H16N4O3/c1-8-4-6-12-11(10(8)15(17)18)13-7-5-9(16)14(2)3/h4,6H,5,7H2,1-3H3,(H,12,13). The average molecular weight is 252 g/mol. The third-order valence-corrected chi connectivity index (χ3v) is 2.44. The average Bonchev–Trinajstić information content (AvgIpc) is 2.28. The molecule has 1 N–H and O–H groups in total. The predicted molar refractivity (Wildman–Crippen MR) is 67.4 cm³/mol. The fourth-order valence-corrected chi connectivity index (χ4v) is 1.42. The minimum atomic E-state index is -0.474. The Morgan fingerprint density at radius 3 is 2.78 bits per heavy atom. The third kappa shape index (κ3) is 3.41. The Balaban J connectivity index is 2.71. The number of nitro groups is 1. The second-order valence-corrected chi connectivity index (χ2v) is 4.05. The van der Waals surface area contributed by atoms with Crippen molar-refractivity contribution in [2.45, 2.75) is 13.3 Å². The van der Waals surface area contributed by atoms with Crippen LogP contribution in [0.4, 0.5) is 11.5 Å². The van der Waals surface area contributed by atoms with Crippen molar-refractivity contribution < 1.29 is 9.72 Å². The SMILES string of the molecule is Cc1ccnc(NCCC(=O)N(C)C)c1[N+](=O)[O-]. The van der Waals surface area contributed by atoms with Gasteiger partial charge in [-0.3, -0.25) is 14.9 Å². The van der Waals surface area contributed by atoms with Gasteiger partial charge in [0.2, 0.25) is 11.7 Å². The topological polar surface area (TPSA) is 88.4 Å². The molecule has 1 heterocycles. The van der Waals surface area contributed by atoms with Gasteiger partial charge in [-0.1, -0.05) is 0 Å². The molecule has 0 unspecified atom stereocenters. The summed E-state index contributed by atoms with van der Waals surface area (Å²) in [6.07, 6.45) is 1.76. The number of anilines is 1. The number of nitrogens with zero attached hydrogens (tertiary/aromatic N) is 3. The molecule has 1 aromatic rings. The number of amides is 1. The zero-order valence-electron chi connectivity index (χ0n) is 10.6. The Hall–Kier alpha value is -2.18. The van der Waals surface area contributed by atoms with Gasteiger partial charge in [-0.05, 0) is 13.0 Å². The van der Waals surface area contributed by atoms with Crippen molar-refractivity contribution in [1.82, 2.24) is 9.88 Å². The van der Waals surface area contributed by atoms with E-state index in [1.54, 1.807) is 27.1 Å². The van der Waals surface area contributed by atoms with Gasteiger partial charge < -0.3 is 10.2 Å². The maximum Gasteiger partial charge on any atom is 0.314 e. The number of aromatic nitrogens is 1. The lowest BCUT2D eigenvalue weighted by atomic mass is 10.2. The fraction of sp³-hybridized carbons (Fsp3) is 0.455. The highest BCUT2D eigenvalue weighted by Crippen LogP contribution is 2.25. The van der Waals surface area contributed by atoms with E-state index in [1.807, 2.05) is 0 Å². The Bertz CT molecular complexity index is 460. The molecule has 0 aliphatic carbocycles. The lowest BCUT2D eigenvalue weighted by Gasteiger charge is -2.11. The number of aryl methyl sites for hydroxylation is 1. The van der Waals surface area contributed by atoms with Gasteiger partial charge in [-0.25, -0.2) is 4.98 Å². The molecule has 0 saturated carbocycles. The first-order valence-electron chi connectivity index (χ1n) is 5.47. The number of carbonyl (C=O) groups excluding carboxylic acids is 1. The normalized spacial score (nSPS) is 9.94. The maximum absolute atomic E-state index is 11.4. The largest absolute Gasteiger partial charge is 0.364 e. The summed E-state index contributed by atoms with van der Waals surface area (Å²) in [4.78, 5) is 27.2. The Morgan fingerprint density at radius 1 is 1.56 bits per heavy atom. The van der Waals surface area contributed by atoms with E-state index in [1.165, 1.54) is 11.1 Å². The molecular formula is C11H16N4O3. The predicted octanol–water partition coefficient (Wildman–Crippen LogP) is 1.19. The fourth-order valence-electron chi connectivity index (χ4n) is 1.42. The summed E-state index contributed by atoms with van der Waals surface area (Å²) < 4.78 is 0. The van der Waals surface area contributed by atoms with E-state index in [9.17, 15) is 14.9 Å². The van der Waals surface area contributed by atoms with E-state index in [0.717, 1.165) is 0 Å². The maximum atomic E-state index is 11.4. The Kier molecular flexibility index (Phi) is 4.59. The number of nitrogens with one attached hydrogen (secondary N) is 1. The van der Waals surface area contributed by atoms with Gasteiger partial charge in [0.1, 0.15) is 0 Å². The van der Waals surface area contributed by atoms with Gasteiger partial charge in [0.15, 0.2) is 0 Å². The lowest BCUT2D eigenvalue weighted by Crippen LogP contribution is -2.24. The van der Waals surface area contributed by atoms with Gasteiger partial charge in [0.25, 0.3) is 0 Å². The summed E-state index contributed by atoms with van der Waals surface area (Å²) in [7, 11) is 3.32. The summed E-state index contributed by atoms with van der Waals surface area (Å²) >= 11 is 0. The molecule has 1 rings (SSSR count). The van der Waals surface area contributed by atoms with Crippen LogP contribution in [0.5, 0.6) is 0 Å². The van der Waals surface area contributed by atoms with Crippen LogP contribution in [-0.2, 0) is 4.79 Å². The molecule has 7 heteroatoms. The molecule has 0 radical (unpaired) electrons. The molecule has 0 bridgehead atoms. The Morgan fingerprint density at radius 2 is 2.22 bits per heavy atom. The van der Waals surface area contributed by atoms with E-state index in [4.69, 9.17) is 0 Å². The van der Waals surface area contributed by atoms with E-state index in [2.05, 4.69) is 10.3 Å². The third-order valence-electron chi connectivity index (χ3n) is 2.44. The number of carbonyl (C=O) groups is 1. The summed E-state index contributed by atoms with van der Waals surface area (Å²) in [5.41, 5.74) is 0.492. The number of pyridine rings is 1. The molecule has 18 heavy (non-hydrogen) atoms. The van der Waals surface area contributed by atoms with Crippen LogP contribution < -0.4 is 5.32 Å². The first-order valence-corrected chi connectivity index (χ1v) is 5.47. The number of hydrogen-bond acceptors (Lipinski definition) is 5. The molecular weight excluding hydrogens is 236 g/mol. The van der Waals surface area contributed by atoms with Crippen molar-refractivity contribution in [2.24, 2.45) is 0 Å². The quantitative estimate of drug-likeness (QED) is 0.628. The van der Waals surface area contributed by atoms with Gasteiger partial charge in [0.05, 0.1) is 4.92 Å². The summed E-state index contributed by atoms with van der Waals surface area (Å²) in [6.45, 7) is 1.96. The smallest absolute Gasteiger partial charge is 0.314 e. The monoisotopic (exact) mass is 252 g/mol. The van der Waals surface area contributed by atoms with Crippen molar-refractivity contribution in [3.8, 4) is 0 Å². The summed E-state index contributed by atoms with van der Waals surface area (Å²) in [5, 5.41) is 13.7. The Labute approximate surface area is 105 Å². The van der Waals surface area contributed by atoms with Crippen molar-refractivity contribution >= 4 is 17.4 Å². The van der Waals surface area contributed by atoms with E-state index < -0.39 is 4.92 Å². The molecule has 0 aliphatic heterocycles. The lowest BCUT2D eigenvalue weighted by molar-refractivity contribution is -0.384. The van der Waals surface area contributed by atoms with Gasteiger partial charge in [-0.2, -0.15) is 0 Å². The van der Waals surface area contributed by atoms with Crippen molar-refractivity contribution in [1.29, 1.82) is 0 Å². The highest BCUT2D eigenvalue weighted by molar-refractivity contribution is 5.76. The molecule has 1 aromatic heterocycles. The zero-order chi connectivity index (χ0) is 13.7. The molecule has 7 nitrogen and oxygen atoms in total. The zero-order valence-corrected chi connectivity index (χ0v) is 10.6. The van der Waals surface area contributed by atoms with Crippen LogP contribution in [-0.4, -0.2) is 41.4 Å². The second-order valence-electron chi connectivity index (χ2n) is 4.05. The van der Waals surface area contributed by atoms with E-state index in [0.29, 0.717) is 12.1 Å². The van der Waals surface area contributed by atoms with Gasteiger partial charge >= 0.3 is 5.69 Å². The van der Waals surface area contributed by atoms with Gasteiger partial charge in [-0.15, -0.1) is 0 Å². The number of hydrogen-bond donors (Lipinski definition) is 1. The highest BCUT2D eigenvalue weighted by atomic mass is 16.6. The van der Waals surface area contributed by atoms with Crippen molar-refractivity contribution in [2.75, 3.05) is 26.0 Å².